The van der Waals surface area contributed by atoms with E-state index in [0.717, 1.165) is 25.5 Å². The highest BCUT2D eigenvalue weighted by Gasteiger charge is 2.19. The lowest BCUT2D eigenvalue weighted by Crippen LogP contribution is -2.29. The van der Waals surface area contributed by atoms with Gasteiger partial charge in [-0.15, -0.1) is 0 Å². The SMILES string of the molecule is CC(O)CCN(C)C(=O)c1cn2c(n1)NCCC2. The molecule has 1 atom stereocenters. The first kappa shape index (κ1) is 12.9. The quantitative estimate of drug-likeness (QED) is 0.820. The number of rotatable bonds is 4. The predicted octanol–water partition coefficient (Wildman–Crippen LogP) is 0.542. The van der Waals surface area contributed by atoms with Crippen LogP contribution in [0.3, 0.4) is 0 Å². The third-order valence-electron chi connectivity index (χ3n) is 3.08. The maximum Gasteiger partial charge on any atom is 0.273 e. The highest BCUT2D eigenvalue weighted by atomic mass is 16.3. The molecule has 6 heteroatoms. The Labute approximate surface area is 107 Å². The molecule has 18 heavy (non-hydrogen) atoms. The van der Waals surface area contributed by atoms with Gasteiger partial charge in [0, 0.05) is 32.9 Å². The maximum absolute atomic E-state index is 12.1. The van der Waals surface area contributed by atoms with Crippen molar-refractivity contribution in [2.75, 3.05) is 25.5 Å². The van der Waals surface area contributed by atoms with Crippen LogP contribution in [0.25, 0.3) is 0 Å². The van der Waals surface area contributed by atoms with E-state index in [-0.39, 0.29) is 5.91 Å². The standard InChI is InChI=1S/C12H20N4O2/c1-9(17)4-7-15(2)11(18)10-8-16-6-3-5-13-12(16)14-10/h8-9,17H,3-7H2,1-2H3,(H,13,14). The van der Waals surface area contributed by atoms with Crippen LogP contribution in [-0.4, -0.2) is 51.7 Å². The van der Waals surface area contributed by atoms with E-state index in [2.05, 4.69) is 10.3 Å². The minimum absolute atomic E-state index is 0.0978. The van der Waals surface area contributed by atoms with Gasteiger partial charge in [0.2, 0.25) is 5.95 Å². The van der Waals surface area contributed by atoms with Gasteiger partial charge in [-0.05, 0) is 19.8 Å². The number of anilines is 1. The van der Waals surface area contributed by atoms with Crippen molar-refractivity contribution in [3.05, 3.63) is 11.9 Å². The third kappa shape index (κ3) is 2.81. The van der Waals surface area contributed by atoms with Crippen molar-refractivity contribution in [2.24, 2.45) is 0 Å². The minimum Gasteiger partial charge on any atom is -0.393 e. The number of hydrogen-bond acceptors (Lipinski definition) is 4. The number of nitrogens with zero attached hydrogens (tertiary/aromatic N) is 3. The van der Waals surface area contributed by atoms with Gasteiger partial charge in [-0.2, -0.15) is 0 Å². The van der Waals surface area contributed by atoms with E-state index < -0.39 is 6.10 Å². The minimum atomic E-state index is -0.392. The Kier molecular flexibility index (Phi) is 3.86. The van der Waals surface area contributed by atoms with Crippen molar-refractivity contribution in [1.29, 1.82) is 0 Å². The molecule has 0 spiro atoms. The predicted molar refractivity (Wildman–Crippen MR) is 68.6 cm³/mol. The molecule has 2 heterocycles. The van der Waals surface area contributed by atoms with Gasteiger partial charge in [0.25, 0.3) is 5.91 Å². The zero-order chi connectivity index (χ0) is 13.1. The summed E-state index contributed by atoms with van der Waals surface area (Å²) in [4.78, 5) is 18.0. The molecule has 1 aromatic rings. The van der Waals surface area contributed by atoms with Crippen LogP contribution in [0.5, 0.6) is 0 Å². The van der Waals surface area contributed by atoms with E-state index in [1.807, 2.05) is 4.57 Å². The summed E-state index contributed by atoms with van der Waals surface area (Å²) in [5.41, 5.74) is 0.465. The molecular weight excluding hydrogens is 232 g/mol. The Hall–Kier alpha value is -1.56. The fourth-order valence-electron chi connectivity index (χ4n) is 1.96. The van der Waals surface area contributed by atoms with Crippen LogP contribution in [0.2, 0.25) is 0 Å². The molecule has 0 radical (unpaired) electrons. The normalized spacial score (nSPS) is 15.7. The molecule has 0 fully saturated rings. The molecule has 100 valence electrons. The van der Waals surface area contributed by atoms with E-state index in [9.17, 15) is 9.90 Å². The zero-order valence-corrected chi connectivity index (χ0v) is 10.9. The molecule has 1 aliphatic rings. The van der Waals surface area contributed by atoms with Crippen molar-refractivity contribution in [1.82, 2.24) is 14.5 Å². The fourth-order valence-corrected chi connectivity index (χ4v) is 1.96. The summed E-state index contributed by atoms with van der Waals surface area (Å²) >= 11 is 0. The smallest absolute Gasteiger partial charge is 0.273 e. The van der Waals surface area contributed by atoms with Gasteiger partial charge < -0.3 is 19.9 Å². The second-order valence-corrected chi connectivity index (χ2v) is 4.79. The summed E-state index contributed by atoms with van der Waals surface area (Å²) in [5.74, 6) is 0.674. The molecule has 2 N–H and O–H groups in total. The molecule has 0 aromatic carbocycles. The van der Waals surface area contributed by atoms with Crippen molar-refractivity contribution < 1.29 is 9.90 Å². The Morgan fingerprint density at radius 3 is 3.17 bits per heavy atom. The number of aliphatic hydroxyl groups is 1. The van der Waals surface area contributed by atoms with Crippen LogP contribution in [0.1, 0.15) is 30.3 Å². The first-order valence-corrected chi connectivity index (χ1v) is 6.32. The lowest BCUT2D eigenvalue weighted by Gasteiger charge is -2.16. The van der Waals surface area contributed by atoms with Gasteiger partial charge in [0.15, 0.2) is 0 Å². The molecule has 0 saturated carbocycles. The summed E-state index contributed by atoms with van der Waals surface area (Å²) in [6.45, 7) is 4.06. The van der Waals surface area contributed by atoms with Crippen LogP contribution in [0, 0.1) is 0 Å². The first-order valence-electron chi connectivity index (χ1n) is 6.32. The van der Waals surface area contributed by atoms with Crippen molar-refractivity contribution in [2.45, 2.75) is 32.4 Å². The molecule has 0 saturated heterocycles. The molecule has 6 nitrogen and oxygen atoms in total. The van der Waals surface area contributed by atoms with Crippen molar-refractivity contribution >= 4 is 11.9 Å². The number of hydrogen-bond donors (Lipinski definition) is 2. The molecule has 1 amide bonds. The lowest BCUT2D eigenvalue weighted by atomic mass is 10.2. The number of carbonyl (C=O) groups is 1. The number of aliphatic hydroxyl groups excluding tert-OH is 1. The molecule has 0 bridgehead atoms. The largest absolute Gasteiger partial charge is 0.393 e. The molecule has 1 unspecified atom stereocenters. The molecular formula is C12H20N4O2. The summed E-state index contributed by atoms with van der Waals surface area (Å²) in [5, 5.41) is 12.4. The second kappa shape index (κ2) is 5.39. The van der Waals surface area contributed by atoms with Gasteiger partial charge in [-0.25, -0.2) is 4.98 Å². The van der Waals surface area contributed by atoms with E-state index in [1.165, 1.54) is 0 Å². The average Bonchev–Trinajstić information content (AvgIpc) is 2.78. The number of nitrogens with one attached hydrogen (secondary N) is 1. The molecule has 1 aromatic heterocycles. The van der Waals surface area contributed by atoms with E-state index in [4.69, 9.17) is 0 Å². The van der Waals surface area contributed by atoms with E-state index in [1.54, 1.807) is 25.1 Å². The van der Waals surface area contributed by atoms with E-state index in [0.29, 0.717) is 18.7 Å². The monoisotopic (exact) mass is 252 g/mol. The van der Waals surface area contributed by atoms with Crippen LogP contribution in [0.4, 0.5) is 5.95 Å². The molecule has 2 rings (SSSR count). The number of imidazole rings is 1. The Bertz CT molecular complexity index is 404. The summed E-state index contributed by atoms with van der Waals surface area (Å²) in [7, 11) is 1.73. The van der Waals surface area contributed by atoms with Crippen LogP contribution >= 0.6 is 0 Å². The lowest BCUT2D eigenvalue weighted by molar-refractivity contribution is 0.0763. The van der Waals surface area contributed by atoms with Gasteiger partial charge in [0.05, 0.1) is 6.10 Å². The van der Waals surface area contributed by atoms with E-state index >= 15 is 0 Å². The topological polar surface area (TPSA) is 70.4 Å². The van der Waals surface area contributed by atoms with Crippen molar-refractivity contribution in [3.8, 4) is 0 Å². The van der Waals surface area contributed by atoms with Gasteiger partial charge in [-0.1, -0.05) is 0 Å². The average molecular weight is 252 g/mol. The maximum atomic E-state index is 12.1. The third-order valence-corrected chi connectivity index (χ3v) is 3.08. The van der Waals surface area contributed by atoms with Crippen LogP contribution < -0.4 is 5.32 Å². The number of aryl methyl sites for hydroxylation is 1. The molecule has 1 aliphatic heterocycles. The van der Waals surface area contributed by atoms with Crippen LogP contribution in [-0.2, 0) is 6.54 Å². The summed E-state index contributed by atoms with van der Waals surface area (Å²) in [6.07, 6.45) is 3.03. The highest BCUT2D eigenvalue weighted by molar-refractivity contribution is 5.92. The van der Waals surface area contributed by atoms with Gasteiger partial charge >= 0.3 is 0 Å². The Balaban J connectivity index is 2.02. The Morgan fingerprint density at radius 2 is 2.50 bits per heavy atom. The number of aromatic nitrogens is 2. The highest BCUT2D eigenvalue weighted by Crippen LogP contribution is 2.15. The second-order valence-electron chi connectivity index (χ2n) is 4.79. The number of carbonyl (C=O) groups excluding carboxylic acids is 1. The van der Waals surface area contributed by atoms with Gasteiger partial charge in [-0.3, -0.25) is 4.79 Å². The molecule has 0 aliphatic carbocycles. The van der Waals surface area contributed by atoms with Crippen molar-refractivity contribution in [3.63, 3.8) is 0 Å². The number of fused-ring (bicyclic) bond motifs is 1. The van der Waals surface area contributed by atoms with Crippen LogP contribution in [0.15, 0.2) is 6.20 Å². The summed E-state index contributed by atoms with van der Waals surface area (Å²) < 4.78 is 1.97. The number of amides is 1. The zero-order valence-electron chi connectivity index (χ0n) is 10.9. The Morgan fingerprint density at radius 1 is 1.72 bits per heavy atom. The fraction of sp³-hybridized carbons (Fsp3) is 0.667. The first-order chi connectivity index (χ1) is 8.58. The summed E-state index contributed by atoms with van der Waals surface area (Å²) in [6, 6.07) is 0. The van der Waals surface area contributed by atoms with Gasteiger partial charge in [0.1, 0.15) is 5.69 Å².